The van der Waals surface area contributed by atoms with E-state index in [1.54, 1.807) is 11.3 Å². The largest absolute Gasteiger partial charge is 0.306 e. The fourth-order valence-corrected chi connectivity index (χ4v) is 4.77. The molecule has 0 saturated heterocycles. The zero-order valence-corrected chi connectivity index (χ0v) is 14.3. The number of nitrogens with zero attached hydrogens (tertiary/aromatic N) is 2. The topological polar surface area (TPSA) is 29.9 Å². The summed E-state index contributed by atoms with van der Waals surface area (Å²) >= 11 is 8.86. The summed E-state index contributed by atoms with van der Waals surface area (Å²) in [5.74, 6) is 0. The van der Waals surface area contributed by atoms with Crippen LogP contribution in [-0.4, -0.2) is 16.3 Å². The number of thiophene rings is 1. The van der Waals surface area contributed by atoms with Crippen molar-refractivity contribution in [2.45, 2.75) is 26.4 Å². The van der Waals surface area contributed by atoms with Crippen molar-refractivity contribution in [3.8, 4) is 0 Å². The first-order valence-electron chi connectivity index (χ1n) is 5.86. The normalized spacial score (nSPS) is 12.9. The highest BCUT2D eigenvalue weighted by Crippen LogP contribution is 2.37. The number of nitrogens with one attached hydrogen (secondary N) is 1. The predicted molar refractivity (Wildman–Crippen MR) is 83.1 cm³/mol. The van der Waals surface area contributed by atoms with Gasteiger partial charge in [0, 0.05) is 18.3 Å². The highest BCUT2D eigenvalue weighted by molar-refractivity contribution is 9.12. The molecule has 2 aromatic heterocycles. The van der Waals surface area contributed by atoms with Gasteiger partial charge in [0.15, 0.2) is 0 Å². The maximum Gasteiger partial charge on any atom is 0.0761 e. The maximum absolute atomic E-state index is 4.35. The van der Waals surface area contributed by atoms with Crippen molar-refractivity contribution in [2.24, 2.45) is 0 Å². The number of aryl methyl sites for hydroxylation is 1. The first-order chi connectivity index (χ1) is 8.65. The summed E-state index contributed by atoms with van der Waals surface area (Å²) < 4.78 is 4.24. The molecule has 0 aliphatic carbocycles. The molecule has 0 fully saturated rings. The SMILES string of the molecule is CCNC(c1cnn(CC)c1)c1cc(Br)sc1Br. The average Bonchev–Trinajstić information content (AvgIpc) is 2.93. The number of rotatable bonds is 5. The molecule has 18 heavy (non-hydrogen) atoms. The highest BCUT2D eigenvalue weighted by Gasteiger charge is 2.19. The molecule has 0 aliphatic rings. The van der Waals surface area contributed by atoms with Crippen LogP contribution >= 0.6 is 43.2 Å². The van der Waals surface area contributed by atoms with Crippen molar-refractivity contribution >= 4 is 43.2 Å². The van der Waals surface area contributed by atoms with Gasteiger partial charge < -0.3 is 5.32 Å². The first kappa shape index (κ1) is 14.2. The molecule has 0 bridgehead atoms. The molecule has 0 saturated carbocycles. The van der Waals surface area contributed by atoms with Crippen LogP contribution in [0.3, 0.4) is 0 Å². The second kappa shape index (κ2) is 6.32. The van der Waals surface area contributed by atoms with E-state index in [1.165, 1.54) is 11.1 Å². The lowest BCUT2D eigenvalue weighted by molar-refractivity contribution is 0.625. The summed E-state index contributed by atoms with van der Waals surface area (Å²) in [5, 5.41) is 7.86. The van der Waals surface area contributed by atoms with E-state index in [0.29, 0.717) is 0 Å². The van der Waals surface area contributed by atoms with Gasteiger partial charge in [-0.15, -0.1) is 11.3 Å². The summed E-state index contributed by atoms with van der Waals surface area (Å²) in [6.07, 6.45) is 4.04. The number of hydrogen-bond donors (Lipinski definition) is 1. The van der Waals surface area contributed by atoms with Gasteiger partial charge in [-0.3, -0.25) is 4.68 Å². The third-order valence-corrected chi connectivity index (χ3v) is 5.10. The van der Waals surface area contributed by atoms with Crippen LogP contribution in [0.2, 0.25) is 0 Å². The summed E-state index contributed by atoms with van der Waals surface area (Å²) in [7, 11) is 0. The maximum atomic E-state index is 4.35. The Bertz CT molecular complexity index is 521. The van der Waals surface area contributed by atoms with E-state index in [9.17, 15) is 0 Å². The smallest absolute Gasteiger partial charge is 0.0761 e. The van der Waals surface area contributed by atoms with Crippen molar-refractivity contribution in [3.05, 3.63) is 37.2 Å². The molecule has 1 unspecified atom stereocenters. The zero-order valence-electron chi connectivity index (χ0n) is 10.3. The molecule has 6 heteroatoms. The van der Waals surface area contributed by atoms with Gasteiger partial charge >= 0.3 is 0 Å². The Labute approximate surface area is 128 Å². The molecule has 0 spiro atoms. The fraction of sp³-hybridized carbons (Fsp3) is 0.417. The fourth-order valence-electron chi connectivity index (χ4n) is 1.86. The van der Waals surface area contributed by atoms with E-state index in [-0.39, 0.29) is 6.04 Å². The van der Waals surface area contributed by atoms with Gasteiger partial charge in [0.25, 0.3) is 0 Å². The molecule has 3 nitrogen and oxygen atoms in total. The summed E-state index contributed by atoms with van der Waals surface area (Å²) in [6, 6.07) is 2.35. The van der Waals surface area contributed by atoms with Crippen LogP contribution in [0.25, 0.3) is 0 Å². The average molecular weight is 393 g/mol. The van der Waals surface area contributed by atoms with Gasteiger partial charge in [0.05, 0.1) is 19.8 Å². The van der Waals surface area contributed by atoms with Gasteiger partial charge in [-0.05, 0) is 57.0 Å². The second-order valence-electron chi connectivity index (χ2n) is 3.90. The molecule has 0 amide bonds. The highest BCUT2D eigenvalue weighted by atomic mass is 79.9. The van der Waals surface area contributed by atoms with E-state index < -0.39 is 0 Å². The Hall–Kier alpha value is -0.170. The molecule has 2 rings (SSSR count). The lowest BCUT2D eigenvalue weighted by Crippen LogP contribution is -2.21. The minimum atomic E-state index is 0.187. The van der Waals surface area contributed by atoms with Gasteiger partial charge in [-0.1, -0.05) is 6.92 Å². The van der Waals surface area contributed by atoms with Crippen molar-refractivity contribution in [1.82, 2.24) is 15.1 Å². The molecule has 2 aromatic rings. The number of aromatic nitrogens is 2. The van der Waals surface area contributed by atoms with Gasteiger partial charge in [-0.25, -0.2) is 0 Å². The van der Waals surface area contributed by atoms with Crippen molar-refractivity contribution in [3.63, 3.8) is 0 Å². The second-order valence-corrected chi connectivity index (χ2v) is 7.65. The van der Waals surface area contributed by atoms with E-state index in [0.717, 1.165) is 20.7 Å². The number of hydrogen-bond acceptors (Lipinski definition) is 3. The Kier molecular flexibility index (Phi) is 5.00. The van der Waals surface area contributed by atoms with Crippen LogP contribution in [0.4, 0.5) is 0 Å². The van der Waals surface area contributed by atoms with Crippen molar-refractivity contribution < 1.29 is 0 Å². The van der Waals surface area contributed by atoms with Crippen LogP contribution in [-0.2, 0) is 6.54 Å². The molecular weight excluding hydrogens is 378 g/mol. The summed E-state index contributed by atoms with van der Waals surface area (Å²) in [6.45, 7) is 6.03. The Balaban J connectivity index is 2.36. The van der Waals surface area contributed by atoms with Crippen molar-refractivity contribution in [2.75, 3.05) is 6.54 Å². The third kappa shape index (κ3) is 3.04. The summed E-state index contributed by atoms with van der Waals surface area (Å²) in [4.78, 5) is 0. The lowest BCUT2D eigenvalue weighted by atomic mass is 10.1. The molecular formula is C12H15Br2N3S. The van der Waals surface area contributed by atoms with E-state index in [4.69, 9.17) is 0 Å². The Morgan fingerprint density at radius 1 is 1.44 bits per heavy atom. The Morgan fingerprint density at radius 2 is 2.22 bits per heavy atom. The van der Waals surface area contributed by atoms with Crippen LogP contribution in [0.15, 0.2) is 26.0 Å². The Morgan fingerprint density at radius 3 is 2.72 bits per heavy atom. The molecule has 2 heterocycles. The first-order valence-corrected chi connectivity index (χ1v) is 8.26. The minimum absolute atomic E-state index is 0.187. The molecule has 0 aromatic carbocycles. The van der Waals surface area contributed by atoms with Crippen molar-refractivity contribution in [1.29, 1.82) is 0 Å². The monoisotopic (exact) mass is 391 g/mol. The minimum Gasteiger partial charge on any atom is -0.306 e. The molecule has 98 valence electrons. The standard InChI is InChI=1S/C12H15Br2N3S/c1-3-15-11(8-6-16-17(4-2)7-8)9-5-10(13)18-12(9)14/h5-7,11,15H,3-4H2,1-2H3. The molecule has 0 radical (unpaired) electrons. The van der Waals surface area contributed by atoms with Gasteiger partial charge in [-0.2, -0.15) is 5.10 Å². The van der Waals surface area contributed by atoms with Crippen LogP contribution in [0.1, 0.15) is 31.0 Å². The van der Waals surface area contributed by atoms with Crippen LogP contribution in [0.5, 0.6) is 0 Å². The lowest BCUT2D eigenvalue weighted by Gasteiger charge is -2.15. The van der Waals surface area contributed by atoms with Crippen LogP contribution in [0, 0.1) is 0 Å². The quantitative estimate of drug-likeness (QED) is 0.826. The predicted octanol–water partition coefficient (Wildman–Crippen LogP) is 4.19. The van der Waals surface area contributed by atoms with E-state index >= 15 is 0 Å². The zero-order chi connectivity index (χ0) is 13.1. The molecule has 0 aliphatic heterocycles. The molecule has 1 atom stereocenters. The molecule has 1 N–H and O–H groups in total. The third-order valence-electron chi connectivity index (χ3n) is 2.71. The van der Waals surface area contributed by atoms with E-state index in [1.807, 2.05) is 10.9 Å². The van der Waals surface area contributed by atoms with Crippen LogP contribution < -0.4 is 5.32 Å². The summed E-state index contributed by atoms with van der Waals surface area (Å²) in [5.41, 5.74) is 2.45. The van der Waals surface area contributed by atoms with E-state index in [2.05, 4.69) is 68.4 Å². The number of halogens is 2. The van der Waals surface area contributed by atoms with Gasteiger partial charge in [0.2, 0.25) is 0 Å². The van der Waals surface area contributed by atoms with Gasteiger partial charge in [0.1, 0.15) is 0 Å².